The van der Waals surface area contributed by atoms with Gasteiger partial charge in [-0.3, -0.25) is 0 Å². The standard InChI is InChI=1S/C12H18N2O4S/c1-8-9(11(16)17)10(14-12(18)13-8)19-7-5-3-2-4-6-15/h15H,2-7H2,1H3,(H,16,17)(H,13,14,18). The van der Waals surface area contributed by atoms with E-state index in [1.165, 1.54) is 11.8 Å². The number of aromatic amines is 1. The SMILES string of the molecule is Cc1[nH]c(=O)nc(SCCCCCCO)c1C(=O)O. The number of aromatic nitrogens is 2. The van der Waals surface area contributed by atoms with Gasteiger partial charge in [0, 0.05) is 12.3 Å². The van der Waals surface area contributed by atoms with Gasteiger partial charge in [0.25, 0.3) is 0 Å². The van der Waals surface area contributed by atoms with Gasteiger partial charge in [-0.15, -0.1) is 11.8 Å². The first-order valence-corrected chi connectivity index (χ1v) is 7.12. The van der Waals surface area contributed by atoms with E-state index >= 15 is 0 Å². The summed E-state index contributed by atoms with van der Waals surface area (Å²) in [7, 11) is 0. The lowest BCUT2D eigenvalue weighted by Gasteiger charge is -2.06. The van der Waals surface area contributed by atoms with E-state index in [0.29, 0.717) is 11.4 Å². The second-order valence-corrected chi connectivity index (χ2v) is 5.22. The molecule has 3 N–H and O–H groups in total. The van der Waals surface area contributed by atoms with Crippen molar-refractivity contribution < 1.29 is 15.0 Å². The number of carboxylic acids is 1. The largest absolute Gasteiger partial charge is 0.478 e. The van der Waals surface area contributed by atoms with Crippen molar-refractivity contribution in [1.82, 2.24) is 9.97 Å². The lowest BCUT2D eigenvalue weighted by atomic mass is 10.2. The van der Waals surface area contributed by atoms with Gasteiger partial charge in [0.1, 0.15) is 10.6 Å². The average molecular weight is 286 g/mol. The van der Waals surface area contributed by atoms with Gasteiger partial charge in [-0.05, 0) is 25.5 Å². The molecule has 1 aromatic rings. The zero-order valence-electron chi connectivity index (χ0n) is 10.8. The number of hydrogen-bond acceptors (Lipinski definition) is 5. The minimum Gasteiger partial charge on any atom is -0.478 e. The summed E-state index contributed by atoms with van der Waals surface area (Å²) in [5, 5.41) is 18.0. The van der Waals surface area contributed by atoms with Crippen LogP contribution in [0.25, 0.3) is 0 Å². The topological polar surface area (TPSA) is 103 Å². The number of H-pyrrole nitrogens is 1. The van der Waals surface area contributed by atoms with Gasteiger partial charge in [0.2, 0.25) is 0 Å². The van der Waals surface area contributed by atoms with Gasteiger partial charge < -0.3 is 15.2 Å². The Bertz CT molecular complexity index is 487. The number of thioether (sulfide) groups is 1. The van der Waals surface area contributed by atoms with E-state index in [9.17, 15) is 9.59 Å². The molecule has 7 heteroatoms. The molecule has 0 amide bonds. The molecule has 0 fully saturated rings. The smallest absolute Gasteiger partial charge is 0.346 e. The summed E-state index contributed by atoms with van der Waals surface area (Å²) in [5.41, 5.74) is -0.125. The Morgan fingerprint density at radius 2 is 2.00 bits per heavy atom. The maximum atomic E-state index is 11.3. The molecule has 0 aromatic carbocycles. The normalized spacial score (nSPS) is 10.6. The van der Waals surface area contributed by atoms with Crippen molar-refractivity contribution in [2.24, 2.45) is 0 Å². The Morgan fingerprint density at radius 3 is 2.63 bits per heavy atom. The summed E-state index contributed by atoms with van der Waals surface area (Å²) in [6.07, 6.45) is 3.60. The number of aliphatic hydroxyl groups is 1. The van der Waals surface area contributed by atoms with Crippen LogP contribution in [0.4, 0.5) is 0 Å². The molecule has 0 saturated carbocycles. The Balaban J connectivity index is 2.62. The summed E-state index contributed by atoms with van der Waals surface area (Å²) in [6, 6.07) is 0. The highest BCUT2D eigenvalue weighted by molar-refractivity contribution is 7.99. The Hall–Kier alpha value is -1.34. The quantitative estimate of drug-likeness (QED) is 0.379. The van der Waals surface area contributed by atoms with E-state index < -0.39 is 11.7 Å². The van der Waals surface area contributed by atoms with Crippen LogP contribution in [0, 0.1) is 6.92 Å². The fourth-order valence-electron chi connectivity index (χ4n) is 1.65. The predicted octanol–water partition coefficient (Wildman–Crippen LogP) is 1.42. The highest BCUT2D eigenvalue weighted by Gasteiger charge is 2.16. The second-order valence-electron chi connectivity index (χ2n) is 4.14. The number of nitrogens with zero attached hydrogens (tertiary/aromatic N) is 1. The molecule has 0 aliphatic rings. The van der Waals surface area contributed by atoms with E-state index in [-0.39, 0.29) is 17.2 Å². The maximum Gasteiger partial charge on any atom is 0.346 e. The minimum absolute atomic E-state index is 0.0694. The first-order chi connectivity index (χ1) is 9.06. The number of aryl methyl sites for hydroxylation is 1. The average Bonchev–Trinajstić information content (AvgIpc) is 2.32. The van der Waals surface area contributed by atoms with Gasteiger partial charge in [0.15, 0.2) is 0 Å². The third kappa shape index (κ3) is 5.04. The Kier molecular flexibility index (Phi) is 6.58. The third-order valence-corrected chi connectivity index (χ3v) is 3.65. The van der Waals surface area contributed by atoms with Crippen LogP contribution in [0.15, 0.2) is 9.82 Å². The minimum atomic E-state index is -1.08. The molecule has 0 radical (unpaired) electrons. The van der Waals surface area contributed by atoms with Crippen LogP contribution in [0.2, 0.25) is 0 Å². The van der Waals surface area contributed by atoms with Crippen LogP contribution >= 0.6 is 11.8 Å². The number of aliphatic hydroxyl groups excluding tert-OH is 1. The van der Waals surface area contributed by atoms with Gasteiger partial charge >= 0.3 is 11.7 Å². The molecule has 19 heavy (non-hydrogen) atoms. The second kappa shape index (κ2) is 7.96. The zero-order valence-corrected chi connectivity index (χ0v) is 11.6. The van der Waals surface area contributed by atoms with E-state index in [0.717, 1.165) is 25.7 Å². The summed E-state index contributed by atoms with van der Waals surface area (Å²) in [6.45, 7) is 1.75. The molecule has 0 aliphatic heterocycles. The van der Waals surface area contributed by atoms with E-state index in [4.69, 9.17) is 10.2 Å². The van der Waals surface area contributed by atoms with E-state index in [1.54, 1.807) is 6.92 Å². The van der Waals surface area contributed by atoms with Gasteiger partial charge in [-0.25, -0.2) is 9.59 Å². The molecule has 6 nitrogen and oxygen atoms in total. The Labute approximate surface area is 115 Å². The lowest BCUT2D eigenvalue weighted by molar-refractivity contribution is 0.0690. The molecule has 1 heterocycles. The number of carboxylic acid groups (broad SMARTS) is 1. The summed E-state index contributed by atoms with van der Waals surface area (Å²) >= 11 is 1.29. The summed E-state index contributed by atoms with van der Waals surface area (Å²) in [5.74, 6) is -0.370. The molecular formula is C12H18N2O4S. The maximum absolute atomic E-state index is 11.3. The molecule has 1 rings (SSSR count). The number of unbranched alkanes of at least 4 members (excludes halogenated alkanes) is 3. The van der Waals surface area contributed by atoms with Crippen LogP contribution in [0.5, 0.6) is 0 Å². The van der Waals surface area contributed by atoms with E-state index in [2.05, 4.69) is 9.97 Å². The van der Waals surface area contributed by atoms with Crippen molar-refractivity contribution in [3.05, 3.63) is 21.7 Å². The van der Waals surface area contributed by atoms with Crippen molar-refractivity contribution >= 4 is 17.7 Å². The van der Waals surface area contributed by atoms with Crippen molar-refractivity contribution in [2.75, 3.05) is 12.4 Å². The molecule has 0 spiro atoms. The molecule has 0 unspecified atom stereocenters. The highest BCUT2D eigenvalue weighted by atomic mass is 32.2. The number of rotatable bonds is 8. The van der Waals surface area contributed by atoms with Crippen molar-refractivity contribution in [3.8, 4) is 0 Å². The molecule has 106 valence electrons. The molecule has 0 aliphatic carbocycles. The summed E-state index contributed by atoms with van der Waals surface area (Å²) in [4.78, 5) is 28.5. The van der Waals surface area contributed by atoms with Crippen LogP contribution in [0.3, 0.4) is 0 Å². The Morgan fingerprint density at radius 1 is 1.32 bits per heavy atom. The first kappa shape index (κ1) is 15.7. The fourth-order valence-corrected chi connectivity index (χ4v) is 2.73. The molecule has 0 bridgehead atoms. The van der Waals surface area contributed by atoms with Crippen LogP contribution in [0.1, 0.15) is 41.7 Å². The molecule has 0 saturated heterocycles. The lowest BCUT2D eigenvalue weighted by Crippen LogP contribution is -2.18. The van der Waals surface area contributed by atoms with E-state index in [1.807, 2.05) is 0 Å². The van der Waals surface area contributed by atoms with Crippen LogP contribution in [-0.2, 0) is 0 Å². The van der Waals surface area contributed by atoms with Crippen LogP contribution in [-0.4, -0.2) is 38.5 Å². The highest BCUT2D eigenvalue weighted by Crippen LogP contribution is 2.22. The monoisotopic (exact) mass is 286 g/mol. The molecule has 0 atom stereocenters. The third-order valence-electron chi connectivity index (χ3n) is 2.59. The number of hydrogen-bond donors (Lipinski definition) is 3. The van der Waals surface area contributed by atoms with Gasteiger partial charge in [0.05, 0.1) is 0 Å². The molecular weight excluding hydrogens is 268 g/mol. The number of nitrogens with one attached hydrogen (secondary N) is 1. The number of aromatic carboxylic acids is 1. The van der Waals surface area contributed by atoms with Gasteiger partial charge in [-0.2, -0.15) is 4.98 Å². The van der Waals surface area contributed by atoms with Crippen molar-refractivity contribution in [1.29, 1.82) is 0 Å². The van der Waals surface area contributed by atoms with Gasteiger partial charge in [-0.1, -0.05) is 12.8 Å². The predicted molar refractivity (Wildman–Crippen MR) is 72.8 cm³/mol. The van der Waals surface area contributed by atoms with Crippen molar-refractivity contribution in [3.63, 3.8) is 0 Å². The van der Waals surface area contributed by atoms with Crippen LogP contribution < -0.4 is 5.69 Å². The molecule has 1 aromatic heterocycles. The number of carbonyl (C=O) groups is 1. The van der Waals surface area contributed by atoms with Crippen molar-refractivity contribution in [2.45, 2.75) is 37.6 Å². The fraction of sp³-hybridized carbons (Fsp3) is 0.583. The first-order valence-electron chi connectivity index (χ1n) is 6.14. The summed E-state index contributed by atoms with van der Waals surface area (Å²) < 4.78 is 0. The zero-order chi connectivity index (χ0) is 14.3.